The maximum absolute atomic E-state index is 5.56. The van der Waals surface area contributed by atoms with Gasteiger partial charge in [0.1, 0.15) is 18.0 Å². The number of rotatable bonds is 5. The summed E-state index contributed by atoms with van der Waals surface area (Å²) < 4.78 is 0. The molecule has 19 heavy (non-hydrogen) atoms. The molecule has 1 aromatic rings. The number of nitrogens with one attached hydrogen (secondary N) is 1. The molecule has 0 amide bonds. The van der Waals surface area contributed by atoms with Crippen LogP contribution in [0.15, 0.2) is 12.4 Å². The van der Waals surface area contributed by atoms with Crippen LogP contribution in [0, 0.1) is 0 Å². The van der Waals surface area contributed by atoms with E-state index in [-0.39, 0.29) is 0 Å². The first-order valence-electron chi connectivity index (χ1n) is 6.87. The van der Waals surface area contributed by atoms with Crippen LogP contribution in [0.3, 0.4) is 0 Å². The third-order valence-electron chi connectivity index (χ3n) is 3.58. The minimum absolute atomic E-state index is 0.513. The average molecular weight is 264 g/mol. The van der Waals surface area contributed by atoms with Crippen LogP contribution in [-0.2, 0) is 0 Å². The molecule has 0 saturated carbocycles. The quantitative estimate of drug-likeness (QED) is 0.801. The summed E-state index contributed by atoms with van der Waals surface area (Å²) in [6.45, 7) is 3.70. The van der Waals surface area contributed by atoms with E-state index in [0.29, 0.717) is 12.6 Å². The van der Waals surface area contributed by atoms with Gasteiger partial charge in [-0.25, -0.2) is 9.97 Å². The highest BCUT2D eigenvalue weighted by molar-refractivity contribution is 5.48. The summed E-state index contributed by atoms with van der Waals surface area (Å²) in [5, 5.41) is 3.50. The Morgan fingerprint density at radius 1 is 1.42 bits per heavy atom. The van der Waals surface area contributed by atoms with Crippen molar-refractivity contribution in [1.29, 1.82) is 0 Å². The molecule has 6 heteroatoms. The SMILES string of the molecule is CN1CCC(Nc2cc(N(C)CCN)ncn2)CC1. The summed E-state index contributed by atoms with van der Waals surface area (Å²) in [6, 6.07) is 2.51. The second-order valence-electron chi connectivity index (χ2n) is 5.19. The minimum atomic E-state index is 0.513. The number of hydrogen-bond donors (Lipinski definition) is 2. The van der Waals surface area contributed by atoms with Crippen LogP contribution in [0.1, 0.15) is 12.8 Å². The van der Waals surface area contributed by atoms with Gasteiger partial charge in [0.05, 0.1) is 0 Å². The van der Waals surface area contributed by atoms with Gasteiger partial charge in [-0.1, -0.05) is 0 Å². The van der Waals surface area contributed by atoms with Crippen molar-refractivity contribution in [3.8, 4) is 0 Å². The Balaban J connectivity index is 1.95. The van der Waals surface area contributed by atoms with Crippen molar-refractivity contribution in [3.05, 3.63) is 12.4 Å². The van der Waals surface area contributed by atoms with Crippen molar-refractivity contribution in [1.82, 2.24) is 14.9 Å². The summed E-state index contributed by atoms with van der Waals surface area (Å²) in [6.07, 6.45) is 3.93. The number of anilines is 2. The van der Waals surface area contributed by atoms with Crippen LogP contribution in [0.4, 0.5) is 11.6 Å². The summed E-state index contributed by atoms with van der Waals surface area (Å²) in [5.74, 6) is 1.82. The second-order valence-corrected chi connectivity index (χ2v) is 5.19. The number of likely N-dealkylation sites (tertiary alicyclic amines) is 1. The lowest BCUT2D eigenvalue weighted by Crippen LogP contribution is -2.37. The number of piperidine rings is 1. The Morgan fingerprint density at radius 3 is 2.84 bits per heavy atom. The zero-order valence-corrected chi connectivity index (χ0v) is 11.8. The first-order chi connectivity index (χ1) is 9.19. The van der Waals surface area contributed by atoms with Gasteiger partial charge in [-0.3, -0.25) is 0 Å². The van der Waals surface area contributed by atoms with Crippen LogP contribution < -0.4 is 16.0 Å². The Morgan fingerprint density at radius 2 is 2.16 bits per heavy atom. The smallest absolute Gasteiger partial charge is 0.133 e. The molecule has 0 unspecified atom stereocenters. The standard InChI is InChI=1S/C13H24N6/c1-18-6-3-11(4-7-18)17-12-9-13(16-10-15-12)19(2)8-5-14/h9-11H,3-8,14H2,1-2H3,(H,15,16,17). The molecule has 2 rings (SSSR count). The van der Waals surface area contributed by atoms with Crippen LogP contribution in [0.5, 0.6) is 0 Å². The molecule has 1 saturated heterocycles. The summed E-state index contributed by atoms with van der Waals surface area (Å²) in [5.41, 5.74) is 5.56. The van der Waals surface area contributed by atoms with E-state index in [1.165, 1.54) is 0 Å². The molecule has 0 bridgehead atoms. The molecule has 6 nitrogen and oxygen atoms in total. The van der Waals surface area contributed by atoms with Gasteiger partial charge in [-0.05, 0) is 33.0 Å². The lowest BCUT2D eigenvalue weighted by atomic mass is 10.1. The molecule has 1 aromatic heterocycles. The molecule has 0 spiro atoms. The number of hydrogen-bond acceptors (Lipinski definition) is 6. The monoisotopic (exact) mass is 264 g/mol. The highest BCUT2D eigenvalue weighted by Crippen LogP contribution is 2.17. The Hall–Kier alpha value is -1.40. The van der Waals surface area contributed by atoms with E-state index in [1.807, 2.05) is 18.0 Å². The lowest BCUT2D eigenvalue weighted by Gasteiger charge is -2.30. The van der Waals surface area contributed by atoms with Gasteiger partial charge in [0.25, 0.3) is 0 Å². The summed E-state index contributed by atoms with van der Waals surface area (Å²) in [4.78, 5) is 13.0. The van der Waals surface area contributed by atoms with Crippen LogP contribution >= 0.6 is 0 Å². The number of likely N-dealkylation sites (N-methyl/N-ethyl adjacent to an activating group) is 1. The molecule has 2 heterocycles. The molecule has 3 N–H and O–H groups in total. The van der Waals surface area contributed by atoms with E-state index >= 15 is 0 Å². The predicted octanol–water partition coefficient (Wildman–Crippen LogP) is 0.378. The molecule has 1 aliphatic heterocycles. The third kappa shape index (κ3) is 4.04. The maximum atomic E-state index is 5.56. The van der Waals surface area contributed by atoms with Gasteiger partial charge < -0.3 is 20.9 Å². The molecule has 0 aliphatic carbocycles. The average Bonchev–Trinajstić information content (AvgIpc) is 2.42. The van der Waals surface area contributed by atoms with E-state index in [9.17, 15) is 0 Å². The van der Waals surface area contributed by atoms with E-state index in [0.717, 1.165) is 44.1 Å². The molecule has 0 atom stereocenters. The van der Waals surface area contributed by atoms with E-state index in [1.54, 1.807) is 6.33 Å². The normalized spacial score (nSPS) is 17.4. The predicted molar refractivity (Wildman–Crippen MR) is 78.5 cm³/mol. The largest absolute Gasteiger partial charge is 0.367 e. The fourth-order valence-corrected chi connectivity index (χ4v) is 2.30. The molecule has 0 aromatic carbocycles. The van der Waals surface area contributed by atoms with E-state index in [4.69, 9.17) is 5.73 Å². The van der Waals surface area contributed by atoms with Crippen LogP contribution in [-0.4, -0.2) is 61.2 Å². The van der Waals surface area contributed by atoms with Gasteiger partial charge in [0, 0.05) is 32.2 Å². The van der Waals surface area contributed by atoms with Gasteiger partial charge in [-0.2, -0.15) is 0 Å². The molecule has 1 aliphatic rings. The van der Waals surface area contributed by atoms with Crippen molar-refractivity contribution >= 4 is 11.6 Å². The van der Waals surface area contributed by atoms with E-state index in [2.05, 4.69) is 27.2 Å². The zero-order valence-electron chi connectivity index (χ0n) is 11.8. The fourth-order valence-electron chi connectivity index (χ4n) is 2.30. The van der Waals surface area contributed by atoms with Gasteiger partial charge in [0.15, 0.2) is 0 Å². The summed E-state index contributed by atoms with van der Waals surface area (Å²) in [7, 11) is 4.16. The van der Waals surface area contributed by atoms with Crippen molar-refractivity contribution in [2.24, 2.45) is 5.73 Å². The molecule has 0 radical (unpaired) electrons. The first kappa shape index (κ1) is 14.0. The zero-order chi connectivity index (χ0) is 13.7. The van der Waals surface area contributed by atoms with Gasteiger partial charge in [0.2, 0.25) is 0 Å². The second kappa shape index (κ2) is 6.68. The molecular weight excluding hydrogens is 240 g/mol. The highest BCUT2D eigenvalue weighted by Gasteiger charge is 2.16. The van der Waals surface area contributed by atoms with Gasteiger partial charge in [-0.15, -0.1) is 0 Å². The first-order valence-corrected chi connectivity index (χ1v) is 6.87. The minimum Gasteiger partial charge on any atom is -0.367 e. The molecule has 1 fully saturated rings. The van der Waals surface area contributed by atoms with Crippen molar-refractivity contribution in [2.45, 2.75) is 18.9 Å². The third-order valence-corrected chi connectivity index (χ3v) is 3.58. The van der Waals surface area contributed by atoms with Crippen molar-refractivity contribution in [2.75, 3.05) is 50.5 Å². The molecular formula is C13H24N6. The lowest BCUT2D eigenvalue weighted by molar-refractivity contribution is 0.263. The topological polar surface area (TPSA) is 70.3 Å². The van der Waals surface area contributed by atoms with E-state index < -0.39 is 0 Å². The molecule has 106 valence electrons. The number of aromatic nitrogens is 2. The Labute approximate surface area is 115 Å². The van der Waals surface area contributed by atoms with Gasteiger partial charge >= 0.3 is 0 Å². The summed E-state index contributed by atoms with van der Waals surface area (Å²) >= 11 is 0. The fraction of sp³-hybridized carbons (Fsp3) is 0.692. The van der Waals surface area contributed by atoms with Crippen LogP contribution in [0.2, 0.25) is 0 Å². The Kier molecular flexibility index (Phi) is 4.93. The highest BCUT2D eigenvalue weighted by atomic mass is 15.2. The van der Waals surface area contributed by atoms with Crippen molar-refractivity contribution in [3.63, 3.8) is 0 Å². The number of nitrogens with two attached hydrogens (primary N) is 1. The maximum Gasteiger partial charge on any atom is 0.133 e. The Bertz CT molecular complexity index is 388. The number of nitrogens with zero attached hydrogens (tertiary/aromatic N) is 4. The van der Waals surface area contributed by atoms with Crippen molar-refractivity contribution < 1.29 is 0 Å². The van der Waals surface area contributed by atoms with Crippen LogP contribution in [0.25, 0.3) is 0 Å².